The van der Waals surface area contributed by atoms with Crippen LogP contribution in [-0.2, 0) is 6.18 Å². The van der Waals surface area contributed by atoms with E-state index < -0.39 is 23.8 Å². The van der Waals surface area contributed by atoms with Crippen molar-refractivity contribution in [3.63, 3.8) is 0 Å². The molecule has 2 amide bonds. The normalized spacial score (nSPS) is 13.0. The van der Waals surface area contributed by atoms with Crippen molar-refractivity contribution in [2.45, 2.75) is 26.1 Å². The van der Waals surface area contributed by atoms with Crippen LogP contribution in [0.25, 0.3) is 5.65 Å². The number of pyridine rings is 1. The number of carbonyl (C=O) groups is 1. The van der Waals surface area contributed by atoms with Crippen molar-refractivity contribution in [2.75, 3.05) is 5.32 Å². The topological polar surface area (TPSA) is 71.3 Å². The highest BCUT2D eigenvalue weighted by Gasteiger charge is 2.30. The van der Waals surface area contributed by atoms with Gasteiger partial charge in [-0.3, -0.25) is 4.40 Å². The SMILES string of the molecule is CC(C)C(NC(=O)Nc1ccc(C(F)(F)F)cc1)c1nnc2ccccn12. The number of hydrogen-bond acceptors (Lipinski definition) is 3. The Morgan fingerprint density at radius 1 is 1.07 bits per heavy atom. The van der Waals surface area contributed by atoms with Crippen LogP contribution in [0.5, 0.6) is 0 Å². The number of nitrogens with one attached hydrogen (secondary N) is 2. The van der Waals surface area contributed by atoms with E-state index in [1.54, 1.807) is 16.7 Å². The number of aromatic nitrogens is 3. The first kappa shape index (κ1) is 18.7. The summed E-state index contributed by atoms with van der Waals surface area (Å²) in [5.74, 6) is 0.583. The molecule has 1 unspecified atom stereocenters. The van der Waals surface area contributed by atoms with Gasteiger partial charge in [0.05, 0.1) is 11.6 Å². The molecule has 0 bridgehead atoms. The molecule has 3 rings (SSSR count). The molecule has 0 aliphatic rings. The van der Waals surface area contributed by atoms with Gasteiger partial charge in [0.15, 0.2) is 11.5 Å². The Labute approximate surface area is 153 Å². The van der Waals surface area contributed by atoms with Crippen LogP contribution in [-0.4, -0.2) is 20.6 Å². The maximum absolute atomic E-state index is 12.6. The molecule has 2 heterocycles. The Bertz CT molecular complexity index is 934. The average molecular weight is 377 g/mol. The van der Waals surface area contributed by atoms with Crippen LogP contribution in [0.2, 0.25) is 0 Å². The van der Waals surface area contributed by atoms with Crippen LogP contribution in [0.15, 0.2) is 48.7 Å². The molecule has 0 radical (unpaired) electrons. The summed E-state index contributed by atoms with van der Waals surface area (Å²) in [5, 5.41) is 13.6. The minimum absolute atomic E-state index is 0.0101. The standard InChI is InChI=1S/C18H18F3N5O/c1-11(2)15(16-25-24-14-5-3-4-10-26(14)16)23-17(27)22-13-8-6-12(7-9-13)18(19,20)21/h3-11,15H,1-2H3,(H2,22,23,27). The van der Waals surface area contributed by atoms with Crippen LogP contribution >= 0.6 is 0 Å². The second-order valence-corrected chi connectivity index (χ2v) is 6.38. The number of nitrogens with zero attached hydrogens (tertiary/aromatic N) is 3. The summed E-state index contributed by atoms with van der Waals surface area (Å²) in [6.45, 7) is 3.85. The van der Waals surface area contributed by atoms with Crippen LogP contribution in [0.3, 0.4) is 0 Å². The molecule has 2 N–H and O–H groups in total. The van der Waals surface area contributed by atoms with E-state index in [2.05, 4.69) is 20.8 Å². The zero-order valence-electron chi connectivity index (χ0n) is 14.7. The summed E-state index contributed by atoms with van der Waals surface area (Å²) in [5.41, 5.74) is 0.139. The maximum Gasteiger partial charge on any atom is 0.416 e. The van der Waals surface area contributed by atoms with Gasteiger partial charge in [0.1, 0.15) is 0 Å². The molecule has 0 aliphatic heterocycles. The van der Waals surface area contributed by atoms with E-state index in [1.807, 2.05) is 26.0 Å². The smallest absolute Gasteiger partial charge is 0.328 e. The molecule has 27 heavy (non-hydrogen) atoms. The third kappa shape index (κ3) is 4.18. The number of carbonyl (C=O) groups excluding carboxylic acids is 1. The van der Waals surface area contributed by atoms with Crippen LogP contribution < -0.4 is 10.6 Å². The van der Waals surface area contributed by atoms with Crippen LogP contribution in [0.4, 0.5) is 23.7 Å². The second kappa shape index (κ2) is 7.26. The van der Waals surface area contributed by atoms with Gasteiger partial charge in [-0.15, -0.1) is 10.2 Å². The lowest BCUT2D eigenvalue weighted by molar-refractivity contribution is -0.137. The van der Waals surface area contributed by atoms with Crippen molar-refractivity contribution < 1.29 is 18.0 Å². The van der Waals surface area contributed by atoms with Crippen molar-refractivity contribution in [1.29, 1.82) is 0 Å². The summed E-state index contributed by atoms with van der Waals surface area (Å²) >= 11 is 0. The highest BCUT2D eigenvalue weighted by Crippen LogP contribution is 2.30. The minimum atomic E-state index is -4.42. The molecule has 6 nitrogen and oxygen atoms in total. The number of halogens is 3. The van der Waals surface area contributed by atoms with Crippen molar-refractivity contribution >= 4 is 17.4 Å². The number of amides is 2. The van der Waals surface area contributed by atoms with Crippen molar-refractivity contribution in [3.05, 3.63) is 60.0 Å². The second-order valence-electron chi connectivity index (χ2n) is 6.38. The number of alkyl halides is 3. The first-order valence-corrected chi connectivity index (χ1v) is 8.30. The Morgan fingerprint density at radius 3 is 2.41 bits per heavy atom. The number of urea groups is 1. The minimum Gasteiger partial charge on any atom is -0.328 e. The third-order valence-corrected chi connectivity index (χ3v) is 4.04. The van der Waals surface area contributed by atoms with Gasteiger partial charge in [0.25, 0.3) is 0 Å². The molecule has 0 saturated carbocycles. The third-order valence-electron chi connectivity index (χ3n) is 4.04. The van der Waals surface area contributed by atoms with Crippen molar-refractivity contribution in [3.8, 4) is 0 Å². The Hall–Kier alpha value is -3.10. The summed E-state index contributed by atoms with van der Waals surface area (Å²) in [6, 6.07) is 8.75. The molecule has 1 aromatic carbocycles. The number of anilines is 1. The summed E-state index contributed by atoms with van der Waals surface area (Å²) in [7, 11) is 0. The lowest BCUT2D eigenvalue weighted by Crippen LogP contribution is -2.36. The monoisotopic (exact) mass is 377 g/mol. The highest BCUT2D eigenvalue weighted by molar-refractivity contribution is 5.89. The van der Waals surface area contributed by atoms with E-state index in [4.69, 9.17) is 0 Å². The van der Waals surface area contributed by atoms with E-state index in [-0.39, 0.29) is 11.6 Å². The molecule has 0 fully saturated rings. The van der Waals surface area contributed by atoms with Gasteiger partial charge < -0.3 is 10.6 Å². The number of rotatable bonds is 4. The zero-order chi connectivity index (χ0) is 19.6. The van der Waals surface area contributed by atoms with E-state index in [0.717, 1.165) is 12.1 Å². The molecule has 142 valence electrons. The Balaban J connectivity index is 1.74. The first-order valence-electron chi connectivity index (χ1n) is 8.30. The van der Waals surface area contributed by atoms with E-state index in [0.29, 0.717) is 11.5 Å². The predicted molar refractivity (Wildman–Crippen MR) is 94.2 cm³/mol. The van der Waals surface area contributed by atoms with Gasteiger partial charge in [-0.2, -0.15) is 13.2 Å². The molecule has 0 saturated heterocycles. The van der Waals surface area contributed by atoms with Crippen LogP contribution in [0.1, 0.15) is 31.3 Å². The van der Waals surface area contributed by atoms with E-state index >= 15 is 0 Å². The molecular weight excluding hydrogens is 359 g/mol. The molecule has 9 heteroatoms. The molecule has 3 aromatic rings. The van der Waals surface area contributed by atoms with Gasteiger partial charge in [-0.25, -0.2) is 4.79 Å². The highest BCUT2D eigenvalue weighted by atomic mass is 19.4. The van der Waals surface area contributed by atoms with Crippen LogP contribution in [0, 0.1) is 5.92 Å². The summed E-state index contributed by atoms with van der Waals surface area (Å²) in [4.78, 5) is 12.3. The number of hydrogen-bond donors (Lipinski definition) is 2. The summed E-state index contributed by atoms with van der Waals surface area (Å²) < 4.78 is 39.6. The lowest BCUT2D eigenvalue weighted by atomic mass is 10.0. The van der Waals surface area contributed by atoms with Gasteiger partial charge in [0, 0.05) is 11.9 Å². The Kier molecular flexibility index (Phi) is 5.02. The molecule has 1 atom stereocenters. The summed E-state index contributed by atoms with van der Waals surface area (Å²) in [6.07, 6.45) is -2.62. The quantitative estimate of drug-likeness (QED) is 0.713. The van der Waals surface area contributed by atoms with Gasteiger partial charge in [0.2, 0.25) is 0 Å². The lowest BCUT2D eigenvalue weighted by Gasteiger charge is -2.21. The van der Waals surface area contributed by atoms with Crippen molar-refractivity contribution in [2.24, 2.45) is 5.92 Å². The molecular formula is C18H18F3N5O. The molecule has 0 aliphatic carbocycles. The van der Waals surface area contributed by atoms with E-state index in [1.165, 1.54) is 12.1 Å². The largest absolute Gasteiger partial charge is 0.416 e. The van der Waals surface area contributed by atoms with Gasteiger partial charge in [-0.1, -0.05) is 19.9 Å². The maximum atomic E-state index is 12.6. The molecule has 0 spiro atoms. The average Bonchev–Trinajstić information content (AvgIpc) is 3.03. The first-order chi connectivity index (χ1) is 12.8. The zero-order valence-corrected chi connectivity index (χ0v) is 14.7. The fraction of sp³-hybridized carbons (Fsp3) is 0.278. The number of fused-ring (bicyclic) bond motifs is 1. The fourth-order valence-electron chi connectivity index (χ4n) is 2.65. The van der Waals surface area contributed by atoms with Gasteiger partial charge >= 0.3 is 12.2 Å². The Morgan fingerprint density at radius 2 is 1.78 bits per heavy atom. The number of benzene rings is 1. The fourth-order valence-corrected chi connectivity index (χ4v) is 2.65. The predicted octanol–water partition coefficient (Wildman–Crippen LogP) is 4.27. The van der Waals surface area contributed by atoms with E-state index in [9.17, 15) is 18.0 Å². The van der Waals surface area contributed by atoms with Crippen molar-refractivity contribution in [1.82, 2.24) is 19.9 Å². The van der Waals surface area contributed by atoms with Gasteiger partial charge in [-0.05, 0) is 42.3 Å². The molecule has 2 aromatic heterocycles.